The van der Waals surface area contributed by atoms with Crippen LogP contribution in [-0.2, 0) is 11.2 Å². The maximum Gasteiger partial charge on any atom is 0.251 e. The van der Waals surface area contributed by atoms with Gasteiger partial charge in [0.25, 0.3) is 5.91 Å². The van der Waals surface area contributed by atoms with Gasteiger partial charge in [0.1, 0.15) is 5.75 Å². The molecule has 0 saturated heterocycles. The van der Waals surface area contributed by atoms with Crippen molar-refractivity contribution in [3.05, 3.63) is 63.4 Å². The molecule has 0 aliphatic carbocycles. The minimum Gasteiger partial charge on any atom is -0.493 e. The Balaban J connectivity index is 1.28. The summed E-state index contributed by atoms with van der Waals surface area (Å²) < 4.78 is 6.43. The molecule has 0 saturated carbocycles. The number of aromatic nitrogens is 1. The Kier molecular flexibility index (Phi) is 5.92. The Bertz CT molecular complexity index is 1050. The molecule has 0 fully saturated rings. The monoisotopic (exact) mass is 471 g/mol. The van der Waals surface area contributed by atoms with Crippen LogP contribution in [-0.4, -0.2) is 29.9 Å². The molecule has 0 atom stereocenters. The summed E-state index contributed by atoms with van der Waals surface area (Å²) in [5.41, 5.74) is 3.57. The van der Waals surface area contributed by atoms with E-state index < -0.39 is 0 Å². The van der Waals surface area contributed by atoms with Gasteiger partial charge in [0, 0.05) is 40.4 Å². The predicted molar refractivity (Wildman–Crippen MR) is 116 cm³/mol. The molecule has 0 radical (unpaired) electrons. The molecule has 3 aromatic rings. The molecule has 2 heterocycles. The summed E-state index contributed by atoms with van der Waals surface area (Å²) in [6.07, 6.45) is 1.08. The number of nitrogens with zero attached hydrogens (tertiary/aromatic N) is 1. The molecular weight excluding hydrogens is 454 g/mol. The average molecular weight is 472 g/mol. The number of carbonyl (C=O) groups is 2. The number of thiazole rings is 1. The van der Waals surface area contributed by atoms with Crippen LogP contribution in [0.5, 0.6) is 5.75 Å². The third-order valence-corrected chi connectivity index (χ3v) is 5.77. The first-order valence-electron chi connectivity index (χ1n) is 9.14. The standard InChI is InChI=1S/C21H18BrN3O3S/c22-16-4-1-13(2-5-16)20(27)23-9-7-19(26)25-21-24-17(12-29-21)14-3-6-18-15(11-14)8-10-28-18/h1-6,11-12H,7-10H2,(H,23,27)(H,24,25,26). The quantitative estimate of drug-likeness (QED) is 0.562. The highest BCUT2D eigenvalue weighted by Gasteiger charge is 2.14. The predicted octanol–water partition coefficient (Wildman–Crippen LogP) is 4.27. The van der Waals surface area contributed by atoms with Gasteiger partial charge in [0.15, 0.2) is 5.13 Å². The largest absolute Gasteiger partial charge is 0.493 e. The normalized spacial score (nSPS) is 12.2. The van der Waals surface area contributed by atoms with Crippen molar-refractivity contribution in [1.82, 2.24) is 10.3 Å². The van der Waals surface area contributed by atoms with Gasteiger partial charge in [-0.1, -0.05) is 15.9 Å². The van der Waals surface area contributed by atoms with Crippen LogP contribution in [0.25, 0.3) is 11.3 Å². The van der Waals surface area contributed by atoms with E-state index in [2.05, 4.69) is 37.6 Å². The zero-order chi connectivity index (χ0) is 20.2. The fraction of sp³-hybridized carbons (Fsp3) is 0.190. The van der Waals surface area contributed by atoms with Gasteiger partial charge in [0.2, 0.25) is 5.91 Å². The summed E-state index contributed by atoms with van der Waals surface area (Å²) in [4.78, 5) is 28.7. The summed E-state index contributed by atoms with van der Waals surface area (Å²) in [7, 11) is 0. The summed E-state index contributed by atoms with van der Waals surface area (Å²) in [5, 5.41) is 8.00. The first-order valence-corrected chi connectivity index (χ1v) is 10.8. The highest BCUT2D eigenvalue weighted by Crippen LogP contribution is 2.31. The van der Waals surface area contributed by atoms with Crippen LogP contribution in [0.15, 0.2) is 52.3 Å². The number of nitrogens with one attached hydrogen (secondary N) is 2. The van der Waals surface area contributed by atoms with Gasteiger partial charge < -0.3 is 15.4 Å². The van der Waals surface area contributed by atoms with Crippen molar-refractivity contribution in [2.45, 2.75) is 12.8 Å². The summed E-state index contributed by atoms with van der Waals surface area (Å²) in [5.74, 6) is 0.537. The third kappa shape index (κ3) is 4.83. The van der Waals surface area contributed by atoms with Crippen LogP contribution in [0.4, 0.5) is 5.13 Å². The summed E-state index contributed by atoms with van der Waals surface area (Å²) >= 11 is 4.71. The Hall–Kier alpha value is -2.71. The fourth-order valence-corrected chi connectivity index (χ4v) is 3.98. The second-order valence-corrected chi connectivity index (χ2v) is 8.29. The molecular formula is C21H18BrN3O3S. The summed E-state index contributed by atoms with van der Waals surface area (Å²) in [6, 6.07) is 13.1. The van der Waals surface area contributed by atoms with E-state index in [9.17, 15) is 9.59 Å². The molecule has 29 heavy (non-hydrogen) atoms. The first-order chi connectivity index (χ1) is 14.1. The van der Waals surface area contributed by atoms with Crippen molar-refractivity contribution in [3.63, 3.8) is 0 Å². The van der Waals surface area contributed by atoms with E-state index in [0.29, 0.717) is 10.7 Å². The number of halogens is 1. The van der Waals surface area contributed by atoms with Gasteiger partial charge in [-0.2, -0.15) is 0 Å². The first kappa shape index (κ1) is 19.6. The van der Waals surface area contributed by atoms with Crippen molar-refractivity contribution >= 4 is 44.2 Å². The second-order valence-electron chi connectivity index (χ2n) is 6.52. The molecule has 4 rings (SSSR count). The molecule has 1 aliphatic heterocycles. The Morgan fingerprint density at radius 1 is 1.17 bits per heavy atom. The van der Waals surface area contributed by atoms with Crippen molar-refractivity contribution in [2.24, 2.45) is 0 Å². The zero-order valence-electron chi connectivity index (χ0n) is 15.4. The van der Waals surface area contributed by atoms with Crippen molar-refractivity contribution < 1.29 is 14.3 Å². The van der Waals surface area contributed by atoms with E-state index in [-0.39, 0.29) is 24.8 Å². The highest BCUT2D eigenvalue weighted by atomic mass is 79.9. The van der Waals surface area contributed by atoms with Crippen LogP contribution in [0, 0.1) is 0 Å². The summed E-state index contributed by atoms with van der Waals surface area (Å²) in [6.45, 7) is 0.972. The van der Waals surface area contributed by atoms with Gasteiger partial charge in [-0.3, -0.25) is 9.59 Å². The van der Waals surface area contributed by atoms with E-state index in [1.54, 1.807) is 24.3 Å². The zero-order valence-corrected chi connectivity index (χ0v) is 17.8. The lowest BCUT2D eigenvalue weighted by Crippen LogP contribution is -2.27. The van der Waals surface area contributed by atoms with Gasteiger partial charge >= 0.3 is 0 Å². The van der Waals surface area contributed by atoms with Gasteiger partial charge in [-0.15, -0.1) is 11.3 Å². The van der Waals surface area contributed by atoms with E-state index >= 15 is 0 Å². The fourth-order valence-electron chi connectivity index (χ4n) is 2.98. The SMILES string of the molecule is O=C(CCNC(=O)c1ccc(Br)cc1)Nc1nc(-c2ccc3c(c2)CCO3)cs1. The maximum atomic E-state index is 12.2. The molecule has 1 aliphatic rings. The molecule has 2 aromatic carbocycles. The van der Waals surface area contributed by atoms with Crippen LogP contribution in [0.2, 0.25) is 0 Å². The van der Waals surface area contributed by atoms with Gasteiger partial charge in [0.05, 0.1) is 12.3 Å². The number of carbonyl (C=O) groups excluding carboxylic acids is 2. The molecule has 0 bridgehead atoms. The number of amides is 2. The Labute approximate surface area is 180 Å². The van der Waals surface area contributed by atoms with E-state index in [4.69, 9.17) is 4.74 Å². The smallest absolute Gasteiger partial charge is 0.251 e. The number of ether oxygens (including phenoxy) is 1. The number of fused-ring (bicyclic) bond motifs is 1. The van der Waals surface area contributed by atoms with Gasteiger partial charge in [-0.05, 0) is 48.0 Å². The van der Waals surface area contributed by atoms with Crippen LogP contribution >= 0.6 is 27.3 Å². The molecule has 0 spiro atoms. The van der Waals surface area contributed by atoms with Crippen LogP contribution < -0.4 is 15.4 Å². The molecule has 1 aromatic heterocycles. The Morgan fingerprint density at radius 3 is 2.83 bits per heavy atom. The topological polar surface area (TPSA) is 80.3 Å². The molecule has 148 valence electrons. The Morgan fingerprint density at radius 2 is 2.00 bits per heavy atom. The number of hydrogen-bond acceptors (Lipinski definition) is 5. The minimum atomic E-state index is -0.206. The third-order valence-electron chi connectivity index (χ3n) is 4.48. The number of rotatable bonds is 6. The minimum absolute atomic E-state index is 0.174. The molecule has 8 heteroatoms. The van der Waals surface area contributed by atoms with Crippen molar-refractivity contribution in [1.29, 1.82) is 0 Å². The van der Waals surface area contributed by atoms with Gasteiger partial charge in [-0.25, -0.2) is 4.98 Å². The van der Waals surface area contributed by atoms with E-state index in [1.807, 2.05) is 17.5 Å². The van der Waals surface area contributed by atoms with E-state index in [0.717, 1.165) is 34.5 Å². The lowest BCUT2D eigenvalue weighted by molar-refractivity contribution is -0.116. The second kappa shape index (κ2) is 8.75. The lowest BCUT2D eigenvalue weighted by Gasteiger charge is -2.05. The molecule has 0 unspecified atom stereocenters. The number of benzene rings is 2. The van der Waals surface area contributed by atoms with Crippen LogP contribution in [0.3, 0.4) is 0 Å². The lowest BCUT2D eigenvalue weighted by atomic mass is 10.1. The molecule has 2 N–H and O–H groups in total. The van der Waals surface area contributed by atoms with E-state index in [1.165, 1.54) is 16.9 Å². The number of anilines is 1. The maximum absolute atomic E-state index is 12.2. The average Bonchev–Trinajstić information content (AvgIpc) is 3.37. The highest BCUT2D eigenvalue weighted by molar-refractivity contribution is 9.10. The molecule has 2 amide bonds. The van der Waals surface area contributed by atoms with Crippen molar-refractivity contribution in [3.8, 4) is 17.0 Å². The number of hydrogen-bond donors (Lipinski definition) is 2. The van der Waals surface area contributed by atoms with Crippen molar-refractivity contribution in [2.75, 3.05) is 18.5 Å². The van der Waals surface area contributed by atoms with Crippen LogP contribution in [0.1, 0.15) is 22.3 Å². The molecule has 6 nitrogen and oxygen atoms in total.